The maximum atomic E-state index is 8.93. The molecule has 0 aliphatic heterocycles. The quantitative estimate of drug-likeness (QED) is 0.902. The van der Waals surface area contributed by atoms with E-state index in [1.165, 1.54) is 6.42 Å². The average molecular weight is 257 g/mol. The van der Waals surface area contributed by atoms with Crippen molar-refractivity contribution in [3.05, 3.63) is 28.2 Å². The molecule has 76 valence electrons. The number of benzene rings is 1. The number of halogens is 1. The van der Waals surface area contributed by atoms with E-state index in [2.05, 4.69) is 15.9 Å². The molecule has 1 N–H and O–H groups in total. The molecule has 2 nitrogen and oxygen atoms in total. The molecule has 14 heavy (non-hydrogen) atoms. The number of hydrogen-bond acceptors (Lipinski definition) is 2. The van der Waals surface area contributed by atoms with Crippen molar-refractivity contribution in [3.8, 4) is 5.75 Å². The molecule has 1 aliphatic carbocycles. The van der Waals surface area contributed by atoms with Gasteiger partial charge in [-0.15, -0.1) is 0 Å². The Morgan fingerprint density at radius 2 is 2.21 bits per heavy atom. The molecule has 1 aliphatic rings. The standard InChI is InChI=1S/C11H13BrO2/c12-10-6-8(7-13)4-5-11(10)14-9-2-1-3-9/h4-6,9,13H,1-3,7H2. The maximum absolute atomic E-state index is 8.93. The molecule has 0 unspecified atom stereocenters. The number of hydrogen-bond donors (Lipinski definition) is 1. The van der Waals surface area contributed by atoms with E-state index in [0.717, 1.165) is 28.6 Å². The van der Waals surface area contributed by atoms with Crippen LogP contribution in [0.4, 0.5) is 0 Å². The number of ether oxygens (including phenoxy) is 1. The van der Waals surface area contributed by atoms with Crippen LogP contribution in [-0.2, 0) is 6.61 Å². The first kappa shape index (κ1) is 9.99. The molecular formula is C11H13BrO2. The molecule has 0 saturated heterocycles. The molecule has 0 radical (unpaired) electrons. The van der Waals surface area contributed by atoms with Gasteiger partial charge in [0.1, 0.15) is 5.75 Å². The summed E-state index contributed by atoms with van der Waals surface area (Å²) in [5, 5.41) is 8.93. The molecule has 1 fully saturated rings. The topological polar surface area (TPSA) is 29.5 Å². The number of aliphatic hydroxyl groups excluding tert-OH is 1. The lowest BCUT2D eigenvalue weighted by atomic mass is 9.96. The number of rotatable bonds is 3. The fourth-order valence-corrected chi connectivity index (χ4v) is 1.93. The van der Waals surface area contributed by atoms with Gasteiger partial charge in [-0.05, 0) is 52.9 Å². The Bertz CT molecular complexity index is 321. The Hall–Kier alpha value is -0.540. The van der Waals surface area contributed by atoms with E-state index in [1.54, 1.807) is 0 Å². The molecule has 0 amide bonds. The van der Waals surface area contributed by atoms with Gasteiger partial charge in [-0.2, -0.15) is 0 Å². The maximum Gasteiger partial charge on any atom is 0.133 e. The summed E-state index contributed by atoms with van der Waals surface area (Å²) < 4.78 is 6.68. The molecule has 0 spiro atoms. The monoisotopic (exact) mass is 256 g/mol. The zero-order valence-corrected chi connectivity index (χ0v) is 9.46. The van der Waals surface area contributed by atoms with Crippen molar-refractivity contribution in [2.75, 3.05) is 0 Å². The van der Waals surface area contributed by atoms with Gasteiger partial charge in [-0.3, -0.25) is 0 Å². The molecule has 0 bridgehead atoms. The zero-order chi connectivity index (χ0) is 9.97. The first-order valence-electron chi connectivity index (χ1n) is 4.85. The SMILES string of the molecule is OCc1ccc(OC2CCC2)c(Br)c1. The summed E-state index contributed by atoms with van der Waals surface area (Å²) in [4.78, 5) is 0. The summed E-state index contributed by atoms with van der Waals surface area (Å²) >= 11 is 3.43. The third-order valence-corrected chi connectivity index (χ3v) is 3.14. The van der Waals surface area contributed by atoms with Crippen LogP contribution in [0.5, 0.6) is 5.75 Å². The fourth-order valence-electron chi connectivity index (χ4n) is 1.41. The van der Waals surface area contributed by atoms with Gasteiger partial charge < -0.3 is 9.84 Å². The van der Waals surface area contributed by atoms with Gasteiger partial charge in [0.15, 0.2) is 0 Å². The second-order valence-corrected chi connectivity index (χ2v) is 4.45. The van der Waals surface area contributed by atoms with Crippen LogP contribution in [0.15, 0.2) is 22.7 Å². The van der Waals surface area contributed by atoms with E-state index in [0.29, 0.717) is 6.10 Å². The van der Waals surface area contributed by atoms with Crippen LogP contribution in [0.2, 0.25) is 0 Å². The van der Waals surface area contributed by atoms with E-state index in [-0.39, 0.29) is 6.61 Å². The van der Waals surface area contributed by atoms with E-state index in [9.17, 15) is 0 Å². The van der Waals surface area contributed by atoms with Crippen LogP contribution in [0, 0.1) is 0 Å². The first-order chi connectivity index (χ1) is 6.79. The highest BCUT2D eigenvalue weighted by Crippen LogP contribution is 2.31. The van der Waals surface area contributed by atoms with E-state index < -0.39 is 0 Å². The molecule has 0 heterocycles. The van der Waals surface area contributed by atoms with Crippen LogP contribution < -0.4 is 4.74 Å². The molecule has 0 atom stereocenters. The first-order valence-corrected chi connectivity index (χ1v) is 5.65. The Morgan fingerprint density at radius 3 is 2.71 bits per heavy atom. The van der Waals surface area contributed by atoms with Crippen LogP contribution in [-0.4, -0.2) is 11.2 Å². The van der Waals surface area contributed by atoms with Crippen molar-refractivity contribution in [1.29, 1.82) is 0 Å². The third-order valence-electron chi connectivity index (χ3n) is 2.52. The van der Waals surface area contributed by atoms with Crippen molar-refractivity contribution in [2.24, 2.45) is 0 Å². The summed E-state index contributed by atoms with van der Waals surface area (Å²) in [7, 11) is 0. The summed E-state index contributed by atoms with van der Waals surface area (Å²) in [6, 6.07) is 5.70. The predicted molar refractivity (Wildman–Crippen MR) is 58.3 cm³/mol. The Kier molecular flexibility index (Phi) is 3.08. The van der Waals surface area contributed by atoms with E-state index in [1.807, 2.05) is 18.2 Å². The van der Waals surface area contributed by atoms with Crippen molar-refractivity contribution in [1.82, 2.24) is 0 Å². The minimum absolute atomic E-state index is 0.0717. The molecule has 0 aromatic heterocycles. The highest BCUT2D eigenvalue weighted by atomic mass is 79.9. The molecule has 1 saturated carbocycles. The molecule has 2 rings (SSSR count). The summed E-state index contributed by atoms with van der Waals surface area (Å²) in [5.41, 5.74) is 0.901. The van der Waals surface area contributed by atoms with Crippen molar-refractivity contribution < 1.29 is 9.84 Å². The Labute approximate surface area is 92.0 Å². The molecular weight excluding hydrogens is 244 g/mol. The van der Waals surface area contributed by atoms with Crippen LogP contribution in [0.1, 0.15) is 24.8 Å². The Morgan fingerprint density at radius 1 is 1.43 bits per heavy atom. The van der Waals surface area contributed by atoms with Crippen molar-refractivity contribution >= 4 is 15.9 Å². The Balaban J connectivity index is 2.09. The van der Waals surface area contributed by atoms with Gasteiger partial charge >= 0.3 is 0 Å². The van der Waals surface area contributed by atoms with Crippen molar-refractivity contribution in [2.45, 2.75) is 32.0 Å². The van der Waals surface area contributed by atoms with Gasteiger partial charge in [-0.1, -0.05) is 6.07 Å². The lowest BCUT2D eigenvalue weighted by molar-refractivity contribution is 0.119. The second kappa shape index (κ2) is 4.32. The summed E-state index contributed by atoms with van der Waals surface area (Å²) in [5.74, 6) is 0.881. The molecule has 1 aromatic rings. The lowest BCUT2D eigenvalue weighted by Gasteiger charge is -2.26. The van der Waals surface area contributed by atoms with Gasteiger partial charge in [0.2, 0.25) is 0 Å². The van der Waals surface area contributed by atoms with E-state index in [4.69, 9.17) is 9.84 Å². The minimum atomic E-state index is 0.0717. The minimum Gasteiger partial charge on any atom is -0.489 e. The smallest absolute Gasteiger partial charge is 0.133 e. The molecule has 1 aromatic carbocycles. The summed E-state index contributed by atoms with van der Waals surface area (Å²) in [6.07, 6.45) is 3.99. The fraction of sp³-hybridized carbons (Fsp3) is 0.455. The zero-order valence-electron chi connectivity index (χ0n) is 7.87. The normalized spacial score (nSPS) is 16.4. The van der Waals surface area contributed by atoms with Crippen LogP contribution in [0.25, 0.3) is 0 Å². The highest BCUT2D eigenvalue weighted by molar-refractivity contribution is 9.10. The second-order valence-electron chi connectivity index (χ2n) is 3.59. The third kappa shape index (κ3) is 2.10. The number of aliphatic hydroxyl groups is 1. The van der Waals surface area contributed by atoms with E-state index >= 15 is 0 Å². The highest BCUT2D eigenvalue weighted by Gasteiger charge is 2.19. The van der Waals surface area contributed by atoms with Gasteiger partial charge in [0.25, 0.3) is 0 Å². The van der Waals surface area contributed by atoms with Crippen LogP contribution in [0.3, 0.4) is 0 Å². The lowest BCUT2D eigenvalue weighted by Crippen LogP contribution is -2.24. The predicted octanol–water partition coefficient (Wildman–Crippen LogP) is 2.87. The van der Waals surface area contributed by atoms with Crippen molar-refractivity contribution in [3.63, 3.8) is 0 Å². The van der Waals surface area contributed by atoms with Gasteiger partial charge in [0, 0.05) is 0 Å². The largest absolute Gasteiger partial charge is 0.489 e. The molecule has 3 heteroatoms. The van der Waals surface area contributed by atoms with Gasteiger partial charge in [-0.25, -0.2) is 0 Å². The summed E-state index contributed by atoms with van der Waals surface area (Å²) in [6.45, 7) is 0.0717. The van der Waals surface area contributed by atoms with Gasteiger partial charge in [0.05, 0.1) is 17.2 Å². The van der Waals surface area contributed by atoms with Crippen LogP contribution >= 0.6 is 15.9 Å². The average Bonchev–Trinajstić information content (AvgIpc) is 2.13.